The molecule has 1 unspecified atom stereocenters. The molecule has 1 atom stereocenters. The molecule has 0 saturated heterocycles. The largest absolute Gasteiger partial charge is 0.228 e. The molecule has 1 aliphatic rings. The highest BCUT2D eigenvalue weighted by Gasteiger charge is 2.31. The molecular weight excluding hydrogens is 156 g/mol. The van der Waals surface area contributed by atoms with Crippen LogP contribution in [0.4, 0.5) is 0 Å². The minimum Gasteiger partial charge on any atom is -0.228 e. The lowest BCUT2D eigenvalue weighted by atomic mass is 10.2. The van der Waals surface area contributed by atoms with Gasteiger partial charge in [-0.1, -0.05) is 0 Å². The lowest BCUT2D eigenvalue weighted by Crippen LogP contribution is -2.12. The van der Waals surface area contributed by atoms with Gasteiger partial charge in [0.25, 0.3) is 0 Å². The highest BCUT2D eigenvalue weighted by atomic mass is 16.3. The van der Waals surface area contributed by atoms with Crippen LogP contribution in [0.15, 0.2) is 0 Å². The fraction of sp³-hybridized carbons (Fsp3) is 0.857. The van der Waals surface area contributed by atoms with Gasteiger partial charge >= 0.3 is 0 Å². The van der Waals surface area contributed by atoms with Gasteiger partial charge in [-0.3, -0.25) is 0 Å². The van der Waals surface area contributed by atoms with Gasteiger partial charge in [-0.15, -0.1) is 5.10 Å². The number of rotatable bonds is 3. The van der Waals surface area contributed by atoms with Crippen LogP contribution in [0.25, 0.3) is 0 Å². The van der Waals surface area contributed by atoms with E-state index >= 15 is 0 Å². The second-order valence-corrected chi connectivity index (χ2v) is 3.26. The van der Waals surface area contributed by atoms with Crippen LogP contribution in [0.3, 0.4) is 0 Å². The quantitative estimate of drug-likeness (QED) is 0.661. The van der Waals surface area contributed by atoms with Crippen LogP contribution in [0, 0.1) is 5.92 Å². The van der Waals surface area contributed by atoms with E-state index in [4.69, 9.17) is 0 Å². The maximum Gasteiger partial charge on any atom is 0.180 e. The molecule has 5 nitrogen and oxygen atoms in total. The van der Waals surface area contributed by atoms with Crippen molar-refractivity contribution in [1.82, 2.24) is 20.2 Å². The van der Waals surface area contributed by atoms with Crippen molar-refractivity contribution in [1.29, 1.82) is 0 Å². The normalized spacial score (nSPS) is 19.5. The van der Waals surface area contributed by atoms with Crippen LogP contribution >= 0.6 is 0 Å². The van der Waals surface area contributed by atoms with Gasteiger partial charge in [0.15, 0.2) is 5.82 Å². The zero-order chi connectivity index (χ0) is 8.55. The van der Waals surface area contributed by atoms with E-state index < -0.39 is 0 Å². The third-order valence-electron chi connectivity index (χ3n) is 2.38. The average molecular weight is 167 g/mol. The van der Waals surface area contributed by atoms with Gasteiger partial charge in [-0.25, -0.2) is 9.79 Å². The van der Waals surface area contributed by atoms with Crippen LogP contribution in [0.1, 0.15) is 31.6 Å². The summed E-state index contributed by atoms with van der Waals surface area (Å²) in [5.41, 5.74) is 0. The smallest absolute Gasteiger partial charge is 0.180 e. The van der Waals surface area contributed by atoms with Crippen molar-refractivity contribution in [2.45, 2.75) is 32.4 Å². The van der Waals surface area contributed by atoms with Crippen molar-refractivity contribution in [2.24, 2.45) is 5.92 Å². The molecule has 2 rings (SSSR count). The lowest BCUT2D eigenvalue weighted by molar-refractivity contribution is 0.161. The summed E-state index contributed by atoms with van der Waals surface area (Å²) in [5, 5.41) is 21.5. The molecule has 1 fully saturated rings. The zero-order valence-electron chi connectivity index (χ0n) is 6.97. The van der Waals surface area contributed by atoms with Gasteiger partial charge in [-0.2, -0.15) is 0 Å². The Morgan fingerprint density at radius 1 is 1.67 bits per heavy atom. The maximum absolute atomic E-state index is 10.6. The first-order chi connectivity index (χ1) is 5.83. The Morgan fingerprint density at radius 3 is 3.00 bits per heavy atom. The molecule has 0 aromatic carbocycles. The summed E-state index contributed by atoms with van der Waals surface area (Å²) in [4.78, 5) is 0. The van der Waals surface area contributed by atoms with Crippen molar-refractivity contribution in [3.8, 4) is 0 Å². The number of aromatic nitrogens is 4. The van der Waals surface area contributed by atoms with E-state index in [9.17, 15) is 5.11 Å². The third kappa shape index (κ3) is 1.20. The second-order valence-electron chi connectivity index (χ2n) is 3.26. The summed E-state index contributed by atoms with van der Waals surface area (Å²) >= 11 is 0. The van der Waals surface area contributed by atoms with Crippen LogP contribution in [-0.4, -0.2) is 20.2 Å². The summed E-state index contributed by atoms with van der Waals surface area (Å²) in [5.74, 6) is 1.13. The van der Waals surface area contributed by atoms with Crippen molar-refractivity contribution in [2.75, 3.05) is 0 Å². The van der Waals surface area contributed by atoms with E-state index in [1.54, 1.807) is 4.68 Å². The molecule has 0 spiro atoms. The molecule has 5 heteroatoms. The van der Waals surface area contributed by atoms with Gasteiger partial charge in [0.2, 0.25) is 0 Å². The standard InChI is InChI=1S/C7H11N4O/c1-5(6-2-3-6)11-7(4-12)8-9-10-11/h5-6H,2-4H2,1H3. The summed E-state index contributed by atoms with van der Waals surface area (Å²) in [6.07, 6.45) is 2.47. The van der Waals surface area contributed by atoms with Gasteiger partial charge in [0.1, 0.15) is 6.61 Å². The third-order valence-corrected chi connectivity index (χ3v) is 2.38. The number of hydrogen-bond acceptors (Lipinski definition) is 3. The minimum atomic E-state index is -0.329. The van der Waals surface area contributed by atoms with Gasteiger partial charge in [0.05, 0.1) is 6.04 Å². The van der Waals surface area contributed by atoms with Crippen LogP contribution in [0.2, 0.25) is 0 Å². The molecular formula is C7H11N4O. The molecule has 1 saturated carbocycles. The van der Waals surface area contributed by atoms with E-state index in [0.29, 0.717) is 17.8 Å². The van der Waals surface area contributed by atoms with Crippen LogP contribution < -0.4 is 0 Å². The molecule has 0 bridgehead atoms. The Bertz CT molecular complexity index is 268. The molecule has 1 aromatic heterocycles. The van der Waals surface area contributed by atoms with Crippen molar-refractivity contribution >= 4 is 0 Å². The fourth-order valence-electron chi connectivity index (χ4n) is 1.40. The lowest BCUT2D eigenvalue weighted by Gasteiger charge is -2.09. The average Bonchev–Trinajstić information content (AvgIpc) is 2.82. The molecule has 1 aliphatic carbocycles. The van der Waals surface area contributed by atoms with Crippen LogP contribution in [0.5, 0.6) is 0 Å². The maximum atomic E-state index is 10.6. The Hall–Kier alpha value is -0.970. The van der Waals surface area contributed by atoms with Crippen molar-refractivity contribution in [3.05, 3.63) is 5.82 Å². The molecule has 65 valence electrons. The highest BCUT2D eigenvalue weighted by Crippen LogP contribution is 2.39. The van der Waals surface area contributed by atoms with Crippen molar-refractivity contribution < 1.29 is 5.11 Å². The second kappa shape index (κ2) is 2.82. The Kier molecular flexibility index (Phi) is 1.80. The number of tetrazole rings is 1. The molecule has 0 amide bonds. The predicted octanol–water partition coefficient (Wildman–Crippen LogP) is 0.575. The predicted molar refractivity (Wildman–Crippen MR) is 39.6 cm³/mol. The first-order valence-corrected chi connectivity index (χ1v) is 4.17. The summed E-state index contributed by atoms with van der Waals surface area (Å²) < 4.78 is 1.66. The zero-order valence-corrected chi connectivity index (χ0v) is 6.97. The molecule has 12 heavy (non-hydrogen) atoms. The molecule has 0 N–H and O–H groups in total. The van der Waals surface area contributed by atoms with Crippen LogP contribution in [-0.2, 0) is 11.7 Å². The van der Waals surface area contributed by atoms with Crippen molar-refractivity contribution in [3.63, 3.8) is 0 Å². The fourth-order valence-corrected chi connectivity index (χ4v) is 1.40. The van der Waals surface area contributed by atoms with E-state index in [1.165, 1.54) is 12.8 Å². The number of hydrogen-bond donors (Lipinski definition) is 0. The molecule has 0 aliphatic heterocycles. The number of nitrogens with zero attached hydrogens (tertiary/aromatic N) is 4. The van der Waals surface area contributed by atoms with E-state index in [2.05, 4.69) is 22.4 Å². The van der Waals surface area contributed by atoms with E-state index in [1.807, 2.05) is 0 Å². The first-order valence-electron chi connectivity index (χ1n) is 4.17. The van der Waals surface area contributed by atoms with E-state index in [0.717, 1.165) is 0 Å². The topological polar surface area (TPSA) is 63.5 Å². The molecule has 1 heterocycles. The monoisotopic (exact) mass is 167 g/mol. The highest BCUT2D eigenvalue weighted by molar-refractivity contribution is 4.87. The van der Waals surface area contributed by atoms with E-state index in [-0.39, 0.29) is 6.61 Å². The van der Waals surface area contributed by atoms with Gasteiger partial charge in [-0.05, 0) is 36.1 Å². The molecule has 1 radical (unpaired) electrons. The Balaban J connectivity index is 2.19. The summed E-state index contributed by atoms with van der Waals surface area (Å²) in [6.45, 7) is 1.73. The molecule has 1 aromatic rings. The Morgan fingerprint density at radius 2 is 2.42 bits per heavy atom. The summed E-state index contributed by atoms with van der Waals surface area (Å²) in [6, 6.07) is 0.295. The minimum absolute atomic E-state index is 0.295. The SMILES string of the molecule is CC(C1CC1)n1nnnc1C[O]. The first kappa shape index (κ1) is 7.67. The summed E-state index contributed by atoms with van der Waals surface area (Å²) in [7, 11) is 0. The Labute approximate surface area is 70.4 Å². The van der Waals surface area contributed by atoms with Gasteiger partial charge < -0.3 is 0 Å². The van der Waals surface area contributed by atoms with Gasteiger partial charge in [0, 0.05) is 0 Å².